The van der Waals surface area contributed by atoms with Crippen LogP contribution in [0.3, 0.4) is 0 Å². The third-order valence-corrected chi connectivity index (χ3v) is 6.44. The molecule has 0 radical (unpaired) electrons. The van der Waals surface area contributed by atoms with Crippen LogP contribution in [0.5, 0.6) is 11.5 Å². The number of hydrogen-bond donors (Lipinski definition) is 1. The van der Waals surface area contributed by atoms with E-state index < -0.39 is 11.6 Å². The molecule has 3 rings (SSSR count). The van der Waals surface area contributed by atoms with Gasteiger partial charge in [-0.2, -0.15) is 0 Å². The van der Waals surface area contributed by atoms with Gasteiger partial charge in [0.25, 0.3) is 0 Å². The molecule has 6 nitrogen and oxygen atoms in total. The molecule has 0 aliphatic heterocycles. The maximum Gasteiger partial charge on any atom is 0.243 e. The van der Waals surface area contributed by atoms with Crippen LogP contribution in [-0.4, -0.2) is 41.5 Å². The molecule has 0 spiro atoms. The molecule has 6 heteroatoms. The number of amides is 2. The number of carbonyl (C=O) groups is 2. The smallest absolute Gasteiger partial charge is 0.243 e. The van der Waals surface area contributed by atoms with Gasteiger partial charge in [-0.05, 0) is 76.8 Å². The highest BCUT2D eigenvalue weighted by molar-refractivity contribution is 5.88. The first-order chi connectivity index (χ1) is 19.1. The summed E-state index contributed by atoms with van der Waals surface area (Å²) in [5.74, 6) is 1.15. The molecule has 0 bridgehead atoms. The number of nitrogens with zero attached hydrogens (tertiary/aromatic N) is 1. The second-order valence-corrected chi connectivity index (χ2v) is 11.1. The summed E-state index contributed by atoms with van der Waals surface area (Å²) < 4.78 is 11.5. The van der Waals surface area contributed by atoms with E-state index in [1.807, 2.05) is 108 Å². The van der Waals surface area contributed by atoms with Crippen LogP contribution in [0.1, 0.15) is 63.3 Å². The summed E-state index contributed by atoms with van der Waals surface area (Å²) in [5.41, 5.74) is 3.67. The second-order valence-electron chi connectivity index (χ2n) is 11.1. The topological polar surface area (TPSA) is 67.9 Å². The first kappa shape index (κ1) is 30.7. The van der Waals surface area contributed by atoms with Crippen molar-refractivity contribution in [2.75, 3.05) is 13.2 Å². The Morgan fingerprint density at radius 2 is 1.50 bits per heavy atom. The number of aryl methyl sites for hydroxylation is 2. The van der Waals surface area contributed by atoms with E-state index in [1.165, 1.54) is 0 Å². The van der Waals surface area contributed by atoms with Gasteiger partial charge in [-0.15, -0.1) is 0 Å². The van der Waals surface area contributed by atoms with Gasteiger partial charge in [0.2, 0.25) is 11.8 Å². The van der Waals surface area contributed by atoms with Gasteiger partial charge in [0.05, 0.1) is 13.2 Å². The van der Waals surface area contributed by atoms with Crippen LogP contribution in [0.2, 0.25) is 0 Å². The van der Waals surface area contributed by atoms with E-state index >= 15 is 0 Å². The number of carbonyl (C=O) groups excluding carboxylic acids is 2. The zero-order chi connectivity index (χ0) is 29.1. The Bertz CT molecular complexity index is 1250. The van der Waals surface area contributed by atoms with Crippen LogP contribution in [0.4, 0.5) is 0 Å². The number of ether oxygens (including phenoxy) is 2. The van der Waals surface area contributed by atoms with Crippen molar-refractivity contribution in [2.45, 2.75) is 78.9 Å². The van der Waals surface area contributed by atoms with Crippen LogP contribution in [-0.2, 0) is 29.0 Å². The summed E-state index contributed by atoms with van der Waals surface area (Å²) in [6.45, 7) is 13.2. The molecule has 0 aliphatic carbocycles. The van der Waals surface area contributed by atoms with E-state index in [2.05, 4.69) is 11.4 Å². The Kier molecular flexibility index (Phi) is 11.2. The van der Waals surface area contributed by atoms with Crippen molar-refractivity contribution >= 4 is 11.8 Å². The fourth-order valence-corrected chi connectivity index (χ4v) is 4.66. The predicted molar refractivity (Wildman–Crippen MR) is 161 cm³/mol. The highest BCUT2D eigenvalue weighted by atomic mass is 16.5. The Morgan fingerprint density at radius 1 is 0.825 bits per heavy atom. The van der Waals surface area contributed by atoms with E-state index in [0.29, 0.717) is 44.1 Å². The van der Waals surface area contributed by atoms with Crippen molar-refractivity contribution in [2.24, 2.45) is 0 Å². The molecule has 2 amide bonds. The molecule has 214 valence electrons. The minimum absolute atomic E-state index is 0.0710. The summed E-state index contributed by atoms with van der Waals surface area (Å²) in [4.78, 5) is 29.4. The van der Waals surface area contributed by atoms with Gasteiger partial charge < -0.3 is 19.7 Å². The average Bonchev–Trinajstić information content (AvgIpc) is 2.90. The molecule has 0 aliphatic rings. The van der Waals surface area contributed by atoms with Gasteiger partial charge in [-0.1, -0.05) is 66.2 Å². The minimum atomic E-state index is -0.658. The van der Waals surface area contributed by atoms with Crippen molar-refractivity contribution in [3.05, 3.63) is 95.1 Å². The third-order valence-electron chi connectivity index (χ3n) is 6.44. The van der Waals surface area contributed by atoms with Crippen LogP contribution < -0.4 is 14.8 Å². The van der Waals surface area contributed by atoms with E-state index in [4.69, 9.17) is 9.47 Å². The maximum atomic E-state index is 14.0. The molecule has 0 fully saturated rings. The number of nitrogens with one attached hydrogen (secondary N) is 1. The molecule has 1 atom stereocenters. The summed E-state index contributed by atoms with van der Waals surface area (Å²) in [6.07, 6.45) is 1.21. The Hall–Kier alpha value is -3.80. The molecular weight excluding hydrogens is 500 g/mol. The lowest BCUT2D eigenvalue weighted by Gasteiger charge is -2.34. The molecule has 0 heterocycles. The van der Waals surface area contributed by atoms with E-state index in [-0.39, 0.29) is 18.2 Å². The predicted octanol–water partition coefficient (Wildman–Crippen LogP) is 6.28. The Labute approximate surface area is 239 Å². The average molecular weight is 545 g/mol. The second kappa shape index (κ2) is 14.5. The fourth-order valence-electron chi connectivity index (χ4n) is 4.66. The van der Waals surface area contributed by atoms with Crippen molar-refractivity contribution in [3.8, 4) is 11.5 Å². The van der Waals surface area contributed by atoms with Gasteiger partial charge in [0.15, 0.2) is 11.5 Å². The molecule has 3 aromatic carbocycles. The molecule has 3 aromatic rings. The summed E-state index contributed by atoms with van der Waals surface area (Å²) >= 11 is 0. The van der Waals surface area contributed by atoms with Crippen LogP contribution in [0.25, 0.3) is 0 Å². The van der Waals surface area contributed by atoms with E-state index in [0.717, 1.165) is 22.3 Å². The first-order valence-corrected chi connectivity index (χ1v) is 14.2. The SMILES string of the molecule is CCOc1ccc(CCC(=O)N(Cc2cccc(C)c2)[C@@H](Cc2ccccc2)C(=O)NC(C)(C)C)cc1OCC. The van der Waals surface area contributed by atoms with Gasteiger partial charge >= 0.3 is 0 Å². The number of rotatable bonds is 13. The number of benzene rings is 3. The summed E-state index contributed by atoms with van der Waals surface area (Å²) in [7, 11) is 0. The largest absolute Gasteiger partial charge is 0.490 e. The van der Waals surface area contributed by atoms with Crippen LogP contribution in [0.15, 0.2) is 72.8 Å². The minimum Gasteiger partial charge on any atom is -0.490 e. The Balaban J connectivity index is 1.92. The van der Waals surface area contributed by atoms with Crippen LogP contribution >= 0.6 is 0 Å². The molecule has 1 N–H and O–H groups in total. The van der Waals surface area contributed by atoms with Gasteiger partial charge in [-0.3, -0.25) is 9.59 Å². The molecule has 0 saturated carbocycles. The van der Waals surface area contributed by atoms with Crippen molar-refractivity contribution in [1.29, 1.82) is 0 Å². The Morgan fingerprint density at radius 3 is 2.15 bits per heavy atom. The van der Waals surface area contributed by atoms with Crippen molar-refractivity contribution in [3.63, 3.8) is 0 Å². The summed E-state index contributed by atoms with van der Waals surface area (Å²) in [6, 6.07) is 23.1. The van der Waals surface area contributed by atoms with E-state index in [1.54, 1.807) is 4.90 Å². The van der Waals surface area contributed by atoms with Gasteiger partial charge in [0.1, 0.15) is 6.04 Å². The van der Waals surface area contributed by atoms with Gasteiger partial charge in [0, 0.05) is 24.9 Å². The fraction of sp³-hybridized carbons (Fsp3) is 0.412. The molecular formula is C34H44N2O4. The first-order valence-electron chi connectivity index (χ1n) is 14.2. The lowest BCUT2D eigenvalue weighted by atomic mass is 9.99. The highest BCUT2D eigenvalue weighted by Gasteiger charge is 2.32. The molecule has 0 aromatic heterocycles. The standard InChI is InChI=1S/C34H44N2O4/c1-7-39-30-19-17-27(23-31(30)40-8-2)18-20-32(37)36(24-28-16-12-13-25(3)21-28)29(33(38)35-34(4,5)6)22-26-14-10-9-11-15-26/h9-17,19,21,23,29H,7-8,18,20,22,24H2,1-6H3,(H,35,38)/t29-/m0/s1. The van der Waals surface area contributed by atoms with Crippen molar-refractivity contribution in [1.82, 2.24) is 10.2 Å². The maximum absolute atomic E-state index is 14.0. The highest BCUT2D eigenvalue weighted by Crippen LogP contribution is 2.29. The lowest BCUT2D eigenvalue weighted by molar-refractivity contribution is -0.141. The quantitative estimate of drug-likeness (QED) is 0.275. The summed E-state index contributed by atoms with van der Waals surface area (Å²) in [5, 5.41) is 3.12. The number of hydrogen-bond acceptors (Lipinski definition) is 4. The molecule has 0 unspecified atom stereocenters. The van der Waals surface area contributed by atoms with Crippen LogP contribution in [0, 0.1) is 6.92 Å². The third kappa shape index (κ3) is 9.44. The molecule has 40 heavy (non-hydrogen) atoms. The normalized spacial score (nSPS) is 11.9. The van der Waals surface area contributed by atoms with E-state index in [9.17, 15) is 9.59 Å². The zero-order valence-corrected chi connectivity index (χ0v) is 24.8. The molecule has 0 saturated heterocycles. The van der Waals surface area contributed by atoms with Gasteiger partial charge in [-0.25, -0.2) is 0 Å². The monoisotopic (exact) mass is 544 g/mol. The van der Waals surface area contributed by atoms with Crippen molar-refractivity contribution < 1.29 is 19.1 Å². The zero-order valence-electron chi connectivity index (χ0n) is 24.8. The lowest BCUT2D eigenvalue weighted by Crippen LogP contribution is -2.54.